The molecule has 5 nitrogen and oxygen atoms in total. The molecule has 0 aromatic heterocycles. The van der Waals surface area contributed by atoms with Gasteiger partial charge in [0.25, 0.3) is 0 Å². The van der Waals surface area contributed by atoms with Crippen molar-refractivity contribution in [2.24, 2.45) is 0 Å². The largest absolute Gasteiger partial charge is 0.500 e. The molecule has 80 valence electrons. The molecule has 0 aliphatic carbocycles. The van der Waals surface area contributed by atoms with Crippen LogP contribution in [0.4, 0.5) is 0 Å². The van der Waals surface area contributed by atoms with E-state index in [1.165, 1.54) is 0 Å². The fourth-order valence-electron chi connectivity index (χ4n) is 0.522. The Bertz CT molecular complexity index is 231. The van der Waals surface area contributed by atoms with Gasteiger partial charge in [0.15, 0.2) is 0 Å². The molecule has 0 bridgehead atoms. The number of esters is 2. The molecule has 0 fully saturated rings. The Hall–Kier alpha value is -1.52. The number of rotatable bonds is 5. The number of carbonyl (C=O) groups is 2. The van der Waals surface area contributed by atoms with Gasteiger partial charge in [-0.1, -0.05) is 13.8 Å². The van der Waals surface area contributed by atoms with E-state index in [1.54, 1.807) is 6.92 Å². The minimum Gasteiger partial charge on any atom is -0.500 e. The Labute approximate surface area is 82.3 Å². The van der Waals surface area contributed by atoms with Crippen LogP contribution in [0.3, 0.4) is 0 Å². The predicted molar refractivity (Wildman–Crippen MR) is 48.3 cm³/mol. The number of ether oxygens (including phenoxy) is 2. The lowest BCUT2D eigenvalue weighted by atomic mass is 10.5. The molecule has 0 aromatic rings. The lowest BCUT2D eigenvalue weighted by Gasteiger charge is -2.01. The van der Waals surface area contributed by atoms with Crippen molar-refractivity contribution in [1.29, 1.82) is 0 Å². The second-order valence-corrected chi connectivity index (χ2v) is 2.48. The lowest BCUT2D eigenvalue weighted by molar-refractivity contribution is -0.143. The second-order valence-electron chi connectivity index (χ2n) is 2.48. The van der Waals surface area contributed by atoms with E-state index in [9.17, 15) is 9.59 Å². The van der Waals surface area contributed by atoms with E-state index >= 15 is 0 Å². The molecule has 14 heavy (non-hydrogen) atoms. The first kappa shape index (κ1) is 12.5. The van der Waals surface area contributed by atoms with Gasteiger partial charge in [-0.15, -0.1) is 0 Å². The van der Waals surface area contributed by atoms with Gasteiger partial charge in [-0.2, -0.15) is 0 Å². The zero-order chi connectivity index (χ0) is 11.0. The van der Waals surface area contributed by atoms with Crippen LogP contribution in [-0.4, -0.2) is 23.7 Å². The number of aliphatic hydroxyl groups is 1. The van der Waals surface area contributed by atoms with E-state index in [4.69, 9.17) is 5.11 Å². The van der Waals surface area contributed by atoms with Gasteiger partial charge in [-0.3, -0.25) is 4.79 Å². The summed E-state index contributed by atoms with van der Waals surface area (Å²) in [4.78, 5) is 21.5. The lowest BCUT2D eigenvalue weighted by Crippen LogP contribution is -2.09. The van der Waals surface area contributed by atoms with Crippen LogP contribution in [0.25, 0.3) is 0 Å². The maximum Gasteiger partial charge on any atom is 0.376 e. The maximum atomic E-state index is 10.9. The first-order chi connectivity index (χ1) is 6.61. The third kappa shape index (κ3) is 5.18. The Morgan fingerprint density at radius 3 is 2.50 bits per heavy atom. The molecule has 0 heterocycles. The minimum atomic E-state index is -0.893. The highest BCUT2D eigenvalue weighted by molar-refractivity contribution is 5.85. The highest BCUT2D eigenvalue weighted by Crippen LogP contribution is 1.96. The predicted octanol–water partition coefficient (Wildman–Crippen LogP) is 1.29. The Morgan fingerprint density at radius 1 is 1.36 bits per heavy atom. The van der Waals surface area contributed by atoms with Gasteiger partial charge >= 0.3 is 11.9 Å². The summed E-state index contributed by atoms with van der Waals surface area (Å²) in [6, 6.07) is 0. The third-order valence-corrected chi connectivity index (χ3v) is 1.24. The van der Waals surface area contributed by atoms with Crippen molar-refractivity contribution in [1.82, 2.24) is 0 Å². The number of aliphatic hydroxyl groups excluding tert-OH is 1. The summed E-state index contributed by atoms with van der Waals surface area (Å²) < 4.78 is 8.97. The van der Waals surface area contributed by atoms with Crippen LogP contribution in [0.5, 0.6) is 0 Å². The van der Waals surface area contributed by atoms with Crippen molar-refractivity contribution in [3.05, 3.63) is 12.0 Å². The molecule has 0 saturated heterocycles. The molecular formula is C9H14O5. The molecule has 0 amide bonds. The number of hydrogen-bond acceptors (Lipinski definition) is 5. The molecule has 0 unspecified atom stereocenters. The van der Waals surface area contributed by atoms with Gasteiger partial charge in [-0.05, 0) is 6.42 Å². The molecular weight excluding hydrogens is 188 g/mol. The fourth-order valence-corrected chi connectivity index (χ4v) is 0.522. The van der Waals surface area contributed by atoms with Crippen LogP contribution in [0.1, 0.15) is 26.7 Å². The van der Waals surface area contributed by atoms with Gasteiger partial charge in [-0.25, -0.2) is 4.79 Å². The van der Waals surface area contributed by atoms with Crippen molar-refractivity contribution < 1.29 is 24.2 Å². The molecule has 0 rings (SSSR count). The highest BCUT2D eigenvalue weighted by Gasteiger charge is 2.09. The van der Waals surface area contributed by atoms with Crippen molar-refractivity contribution >= 4 is 11.9 Å². The molecule has 0 aliphatic heterocycles. The van der Waals surface area contributed by atoms with Gasteiger partial charge in [0.1, 0.15) is 6.26 Å². The van der Waals surface area contributed by atoms with Crippen molar-refractivity contribution in [2.45, 2.75) is 26.7 Å². The summed E-state index contributed by atoms with van der Waals surface area (Å²) in [5, 5.41) is 9.00. The quantitative estimate of drug-likeness (QED) is 0.413. The average molecular weight is 202 g/mol. The average Bonchev–Trinajstić information content (AvgIpc) is 2.21. The Morgan fingerprint density at radius 2 is 2.00 bits per heavy atom. The van der Waals surface area contributed by atoms with Crippen LogP contribution in [-0.2, 0) is 19.1 Å². The summed E-state index contributed by atoms with van der Waals surface area (Å²) in [5.41, 5.74) is 0. The van der Waals surface area contributed by atoms with E-state index in [1.807, 2.05) is 6.92 Å². The Kier molecular flexibility index (Phi) is 6.19. The first-order valence-corrected chi connectivity index (χ1v) is 4.37. The third-order valence-electron chi connectivity index (χ3n) is 1.24. The SMILES string of the molecule is CCCOC(=O)C(O)=COC(=O)CC. The molecule has 0 aromatic carbocycles. The van der Waals surface area contributed by atoms with E-state index in [2.05, 4.69) is 9.47 Å². The monoisotopic (exact) mass is 202 g/mol. The summed E-state index contributed by atoms with van der Waals surface area (Å²) in [6.45, 7) is 3.65. The molecule has 0 aliphatic rings. The van der Waals surface area contributed by atoms with Gasteiger partial charge < -0.3 is 14.6 Å². The molecule has 0 atom stereocenters. The zero-order valence-corrected chi connectivity index (χ0v) is 8.28. The van der Waals surface area contributed by atoms with Crippen LogP contribution < -0.4 is 0 Å². The summed E-state index contributed by atoms with van der Waals surface area (Å²) in [5.74, 6) is -2.13. The standard InChI is InChI=1S/C9H14O5/c1-3-5-13-9(12)7(10)6-14-8(11)4-2/h6,10H,3-5H2,1-2H3. The highest BCUT2D eigenvalue weighted by atomic mass is 16.6. The minimum absolute atomic E-state index is 0.174. The summed E-state index contributed by atoms with van der Waals surface area (Å²) in [6.07, 6.45) is 1.52. The number of carbonyl (C=O) groups excluding carboxylic acids is 2. The molecule has 0 saturated carbocycles. The zero-order valence-electron chi connectivity index (χ0n) is 8.28. The van der Waals surface area contributed by atoms with Gasteiger partial charge in [0, 0.05) is 6.42 Å². The molecule has 5 heteroatoms. The van der Waals surface area contributed by atoms with E-state index in [0.29, 0.717) is 12.7 Å². The van der Waals surface area contributed by atoms with Gasteiger partial charge in [0.2, 0.25) is 5.76 Å². The van der Waals surface area contributed by atoms with Crippen molar-refractivity contribution in [3.63, 3.8) is 0 Å². The fraction of sp³-hybridized carbons (Fsp3) is 0.556. The van der Waals surface area contributed by atoms with Crippen molar-refractivity contribution in [2.75, 3.05) is 6.61 Å². The van der Waals surface area contributed by atoms with Crippen LogP contribution >= 0.6 is 0 Å². The summed E-state index contributed by atoms with van der Waals surface area (Å²) in [7, 11) is 0. The van der Waals surface area contributed by atoms with E-state index in [-0.39, 0.29) is 13.0 Å². The van der Waals surface area contributed by atoms with E-state index in [0.717, 1.165) is 0 Å². The molecule has 0 spiro atoms. The van der Waals surface area contributed by atoms with Crippen molar-refractivity contribution in [3.8, 4) is 0 Å². The Balaban J connectivity index is 3.97. The maximum absolute atomic E-state index is 10.9. The first-order valence-electron chi connectivity index (χ1n) is 4.37. The molecule has 0 radical (unpaired) electrons. The summed E-state index contributed by atoms with van der Waals surface area (Å²) >= 11 is 0. The van der Waals surface area contributed by atoms with Crippen LogP contribution in [0, 0.1) is 0 Å². The normalized spacial score (nSPS) is 10.9. The van der Waals surface area contributed by atoms with E-state index < -0.39 is 17.7 Å². The van der Waals surface area contributed by atoms with Crippen LogP contribution in [0.15, 0.2) is 12.0 Å². The van der Waals surface area contributed by atoms with Crippen LogP contribution in [0.2, 0.25) is 0 Å². The smallest absolute Gasteiger partial charge is 0.376 e. The molecule has 1 N–H and O–H groups in total. The second kappa shape index (κ2) is 6.94. The van der Waals surface area contributed by atoms with Gasteiger partial charge in [0.05, 0.1) is 6.61 Å². The number of hydrogen-bond donors (Lipinski definition) is 1. The topological polar surface area (TPSA) is 72.8 Å².